The van der Waals surface area contributed by atoms with E-state index in [4.69, 9.17) is 9.26 Å². The molecule has 3 heterocycles. The molecule has 0 saturated carbocycles. The summed E-state index contributed by atoms with van der Waals surface area (Å²) < 4.78 is 10.8. The van der Waals surface area contributed by atoms with Gasteiger partial charge in [-0.25, -0.2) is 0 Å². The Morgan fingerprint density at radius 2 is 1.93 bits per heavy atom. The maximum atomic E-state index is 12.4. The number of ether oxygens (including phenoxy) is 1. The molecule has 0 aliphatic carbocycles. The van der Waals surface area contributed by atoms with Crippen molar-refractivity contribution >= 4 is 5.91 Å². The van der Waals surface area contributed by atoms with Crippen molar-refractivity contribution in [3.05, 3.63) is 60.2 Å². The Hall–Kier alpha value is -3.22. The van der Waals surface area contributed by atoms with Gasteiger partial charge in [-0.2, -0.15) is 4.98 Å². The van der Waals surface area contributed by atoms with Gasteiger partial charge in [0.25, 0.3) is 0 Å². The van der Waals surface area contributed by atoms with Crippen LogP contribution in [0.3, 0.4) is 0 Å². The van der Waals surface area contributed by atoms with Gasteiger partial charge < -0.3 is 14.2 Å². The second-order valence-corrected chi connectivity index (χ2v) is 6.44. The molecule has 4 rings (SSSR count). The zero-order valence-corrected chi connectivity index (χ0v) is 15.0. The normalized spacial score (nSPS) is 14.0. The fraction of sp³-hybridized carbons (Fsp3) is 0.300. The first-order valence-corrected chi connectivity index (χ1v) is 8.96. The van der Waals surface area contributed by atoms with Gasteiger partial charge in [-0.3, -0.25) is 9.78 Å². The largest absolute Gasteiger partial charge is 0.494 e. The molecular weight excluding hydrogens is 344 g/mol. The molecule has 7 nitrogen and oxygen atoms in total. The van der Waals surface area contributed by atoms with Crippen molar-refractivity contribution in [1.29, 1.82) is 0 Å². The van der Waals surface area contributed by atoms with Gasteiger partial charge in [0.05, 0.1) is 18.9 Å². The Bertz CT molecular complexity index is 902. The Labute approximate surface area is 157 Å². The van der Waals surface area contributed by atoms with Gasteiger partial charge >= 0.3 is 0 Å². The Kier molecular flexibility index (Phi) is 4.82. The van der Waals surface area contributed by atoms with Gasteiger partial charge in [0.15, 0.2) is 0 Å². The van der Waals surface area contributed by atoms with Gasteiger partial charge in [-0.05, 0) is 36.8 Å². The molecule has 1 amide bonds. The van der Waals surface area contributed by atoms with E-state index in [0.717, 1.165) is 16.9 Å². The monoisotopic (exact) mass is 364 g/mol. The van der Waals surface area contributed by atoms with Gasteiger partial charge in [-0.15, -0.1) is 0 Å². The van der Waals surface area contributed by atoms with Crippen LogP contribution in [0.5, 0.6) is 5.75 Å². The number of benzene rings is 1. The molecule has 7 heteroatoms. The van der Waals surface area contributed by atoms with Crippen LogP contribution in [-0.4, -0.2) is 45.6 Å². The molecule has 1 fully saturated rings. The second kappa shape index (κ2) is 7.57. The highest BCUT2D eigenvalue weighted by molar-refractivity contribution is 5.79. The fourth-order valence-corrected chi connectivity index (χ4v) is 3.01. The Morgan fingerprint density at radius 3 is 2.63 bits per heavy atom. The molecule has 1 aliphatic heterocycles. The van der Waals surface area contributed by atoms with E-state index in [1.54, 1.807) is 12.4 Å². The summed E-state index contributed by atoms with van der Waals surface area (Å²) in [5, 5.41) is 4.02. The maximum Gasteiger partial charge on any atom is 0.233 e. The number of hydrogen-bond acceptors (Lipinski definition) is 6. The lowest BCUT2D eigenvalue weighted by atomic mass is 9.98. The topological polar surface area (TPSA) is 81.4 Å². The zero-order chi connectivity index (χ0) is 18.6. The minimum absolute atomic E-state index is 0.0948. The second-order valence-electron chi connectivity index (χ2n) is 6.44. The fourth-order valence-electron chi connectivity index (χ4n) is 3.01. The number of rotatable bonds is 6. The number of nitrogens with zero attached hydrogens (tertiary/aromatic N) is 4. The molecular formula is C20H20N4O3. The van der Waals surface area contributed by atoms with E-state index in [1.807, 2.05) is 48.2 Å². The van der Waals surface area contributed by atoms with Crippen molar-refractivity contribution in [2.45, 2.75) is 19.3 Å². The third kappa shape index (κ3) is 3.81. The number of hydrogen-bond donors (Lipinski definition) is 0. The first kappa shape index (κ1) is 17.2. The number of aromatic nitrogens is 3. The lowest BCUT2D eigenvalue weighted by molar-refractivity contribution is -0.135. The first-order chi connectivity index (χ1) is 13.2. The summed E-state index contributed by atoms with van der Waals surface area (Å²) in [5.74, 6) is 2.14. The summed E-state index contributed by atoms with van der Waals surface area (Å²) >= 11 is 0. The van der Waals surface area contributed by atoms with Crippen molar-refractivity contribution in [2.24, 2.45) is 0 Å². The van der Waals surface area contributed by atoms with Crippen molar-refractivity contribution in [2.75, 3.05) is 19.7 Å². The van der Waals surface area contributed by atoms with E-state index in [1.165, 1.54) is 0 Å². The molecule has 0 bridgehead atoms. The minimum atomic E-state index is 0.0948. The average molecular weight is 364 g/mol. The highest BCUT2D eigenvalue weighted by atomic mass is 16.5. The summed E-state index contributed by atoms with van der Waals surface area (Å²) in [5.41, 5.74) is 1.84. The summed E-state index contributed by atoms with van der Waals surface area (Å²) in [6.07, 6.45) is 3.76. The van der Waals surface area contributed by atoms with Crippen LogP contribution in [0.25, 0.3) is 11.4 Å². The molecule has 0 atom stereocenters. The van der Waals surface area contributed by atoms with Crippen LogP contribution in [-0.2, 0) is 11.2 Å². The minimum Gasteiger partial charge on any atom is -0.494 e. The number of pyridine rings is 1. The third-order valence-electron chi connectivity index (χ3n) is 4.55. The molecule has 27 heavy (non-hydrogen) atoms. The first-order valence-electron chi connectivity index (χ1n) is 8.96. The van der Waals surface area contributed by atoms with E-state index in [0.29, 0.717) is 37.8 Å². The van der Waals surface area contributed by atoms with Crippen LogP contribution in [0.2, 0.25) is 0 Å². The van der Waals surface area contributed by atoms with Gasteiger partial charge in [0, 0.05) is 31.0 Å². The molecule has 1 saturated heterocycles. The predicted molar refractivity (Wildman–Crippen MR) is 98.2 cm³/mol. The molecule has 1 aliphatic rings. The van der Waals surface area contributed by atoms with Crippen LogP contribution in [0, 0.1) is 0 Å². The van der Waals surface area contributed by atoms with Crippen LogP contribution in [0.1, 0.15) is 24.3 Å². The molecule has 0 radical (unpaired) electrons. The molecule has 3 aromatic rings. The standard InChI is InChI=1S/C20H20N4O3/c1-2-26-17-5-3-14(4-6-17)11-18(25)24-12-16(13-24)20-22-19(23-27-20)15-7-9-21-10-8-15/h3-10,16H,2,11-13H2,1H3. The predicted octanol–water partition coefficient (Wildman–Crippen LogP) is 2.70. The highest BCUT2D eigenvalue weighted by Gasteiger charge is 2.35. The summed E-state index contributed by atoms with van der Waals surface area (Å²) in [6.45, 7) is 3.79. The van der Waals surface area contributed by atoms with Crippen LogP contribution in [0.4, 0.5) is 0 Å². The third-order valence-corrected chi connectivity index (χ3v) is 4.55. The number of carbonyl (C=O) groups is 1. The SMILES string of the molecule is CCOc1ccc(CC(=O)N2CC(c3nc(-c4ccncc4)no3)C2)cc1. The maximum absolute atomic E-state index is 12.4. The lowest BCUT2D eigenvalue weighted by Crippen LogP contribution is -2.49. The van der Waals surface area contributed by atoms with Gasteiger partial charge in [-0.1, -0.05) is 17.3 Å². The molecule has 0 N–H and O–H groups in total. The number of amides is 1. The van der Waals surface area contributed by atoms with E-state index >= 15 is 0 Å². The van der Waals surface area contributed by atoms with Crippen molar-refractivity contribution in [3.8, 4) is 17.1 Å². The smallest absolute Gasteiger partial charge is 0.233 e. The van der Waals surface area contributed by atoms with E-state index < -0.39 is 0 Å². The van der Waals surface area contributed by atoms with Crippen LogP contribution >= 0.6 is 0 Å². The van der Waals surface area contributed by atoms with Gasteiger partial charge in [0.1, 0.15) is 5.75 Å². The lowest BCUT2D eigenvalue weighted by Gasteiger charge is -2.37. The van der Waals surface area contributed by atoms with Crippen molar-refractivity contribution in [1.82, 2.24) is 20.0 Å². The molecule has 0 unspecified atom stereocenters. The van der Waals surface area contributed by atoms with Gasteiger partial charge in [0.2, 0.25) is 17.6 Å². The molecule has 2 aromatic heterocycles. The summed E-state index contributed by atoms with van der Waals surface area (Å²) in [7, 11) is 0. The Balaban J connectivity index is 1.31. The zero-order valence-electron chi connectivity index (χ0n) is 15.0. The quantitative estimate of drug-likeness (QED) is 0.669. The number of carbonyl (C=O) groups excluding carboxylic acids is 1. The highest BCUT2D eigenvalue weighted by Crippen LogP contribution is 2.28. The summed E-state index contributed by atoms with van der Waals surface area (Å²) in [6, 6.07) is 11.3. The molecule has 1 aromatic carbocycles. The van der Waals surface area contributed by atoms with E-state index in [9.17, 15) is 4.79 Å². The van der Waals surface area contributed by atoms with Crippen LogP contribution < -0.4 is 4.74 Å². The van der Waals surface area contributed by atoms with Crippen molar-refractivity contribution < 1.29 is 14.1 Å². The number of likely N-dealkylation sites (tertiary alicyclic amines) is 1. The molecule has 0 spiro atoms. The van der Waals surface area contributed by atoms with E-state index in [-0.39, 0.29) is 11.8 Å². The summed E-state index contributed by atoms with van der Waals surface area (Å²) in [4.78, 5) is 22.7. The average Bonchev–Trinajstić information content (AvgIpc) is 3.13. The van der Waals surface area contributed by atoms with Crippen LogP contribution in [0.15, 0.2) is 53.3 Å². The van der Waals surface area contributed by atoms with Crippen molar-refractivity contribution in [3.63, 3.8) is 0 Å². The molecule has 138 valence electrons. The van der Waals surface area contributed by atoms with E-state index in [2.05, 4.69) is 15.1 Å². The Morgan fingerprint density at radius 1 is 1.19 bits per heavy atom.